The van der Waals surface area contributed by atoms with Gasteiger partial charge in [-0.2, -0.15) is 0 Å². The summed E-state index contributed by atoms with van der Waals surface area (Å²) in [5.41, 5.74) is 4.89. The number of ether oxygens (including phenoxy) is 2. The molecule has 0 amide bonds. The SMILES string of the molecule is COCCn1c(=O)n(C(C)C)c2c3cc(OC)c(-c4c(C)noc4C)cc3ncc21. The lowest BCUT2D eigenvalue weighted by molar-refractivity contribution is 0.187. The molecule has 0 fully saturated rings. The van der Waals surface area contributed by atoms with Gasteiger partial charge in [0.25, 0.3) is 0 Å². The molecule has 4 rings (SSSR count). The first-order chi connectivity index (χ1) is 14.4. The van der Waals surface area contributed by atoms with E-state index in [1.165, 1.54) is 0 Å². The van der Waals surface area contributed by atoms with E-state index in [0.29, 0.717) is 18.9 Å². The summed E-state index contributed by atoms with van der Waals surface area (Å²) in [7, 11) is 3.26. The van der Waals surface area contributed by atoms with Gasteiger partial charge in [0.2, 0.25) is 0 Å². The largest absolute Gasteiger partial charge is 0.496 e. The van der Waals surface area contributed by atoms with E-state index in [4.69, 9.17) is 14.0 Å². The Morgan fingerprint density at radius 2 is 1.97 bits per heavy atom. The highest BCUT2D eigenvalue weighted by molar-refractivity contribution is 6.05. The second kappa shape index (κ2) is 7.60. The Labute approximate surface area is 174 Å². The maximum Gasteiger partial charge on any atom is 0.329 e. The van der Waals surface area contributed by atoms with E-state index in [1.54, 1.807) is 25.0 Å². The number of aryl methyl sites for hydroxylation is 2. The smallest absolute Gasteiger partial charge is 0.329 e. The Kier molecular flexibility index (Phi) is 5.11. The predicted octanol–water partition coefficient (Wildman–Crippen LogP) is 3.86. The maximum atomic E-state index is 13.2. The lowest BCUT2D eigenvalue weighted by Gasteiger charge is -2.13. The first-order valence-electron chi connectivity index (χ1n) is 9.92. The van der Waals surface area contributed by atoms with Crippen molar-refractivity contribution >= 4 is 21.9 Å². The number of aromatic nitrogens is 4. The molecule has 1 aromatic carbocycles. The van der Waals surface area contributed by atoms with Gasteiger partial charge in [-0.05, 0) is 39.8 Å². The van der Waals surface area contributed by atoms with Crippen LogP contribution in [0, 0.1) is 13.8 Å². The van der Waals surface area contributed by atoms with E-state index in [9.17, 15) is 4.79 Å². The first-order valence-corrected chi connectivity index (χ1v) is 9.92. The van der Waals surface area contributed by atoms with Crippen LogP contribution < -0.4 is 10.4 Å². The molecule has 0 saturated carbocycles. The quantitative estimate of drug-likeness (QED) is 0.480. The molecule has 8 heteroatoms. The minimum Gasteiger partial charge on any atom is -0.496 e. The summed E-state index contributed by atoms with van der Waals surface area (Å²) in [6.45, 7) is 8.70. The summed E-state index contributed by atoms with van der Waals surface area (Å²) in [6, 6.07) is 3.91. The molecule has 4 aromatic rings. The van der Waals surface area contributed by atoms with Crippen molar-refractivity contribution in [2.24, 2.45) is 0 Å². The van der Waals surface area contributed by atoms with E-state index in [-0.39, 0.29) is 11.7 Å². The van der Waals surface area contributed by atoms with Crippen molar-refractivity contribution in [3.63, 3.8) is 0 Å². The van der Waals surface area contributed by atoms with Crippen LogP contribution in [0.4, 0.5) is 0 Å². The minimum absolute atomic E-state index is 0.0115. The average Bonchev–Trinajstić information content (AvgIpc) is 3.20. The molecular weight excluding hydrogens is 384 g/mol. The van der Waals surface area contributed by atoms with E-state index < -0.39 is 0 Å². The van der Waals surface area contributed by atoms with Gasteiger partial charge in [0.15, 0.2) is 0 Å². The third-order valence-electron chi connectivity index (χ3n) is 5.45. The molecule has 0 spiro atoms. The van der Waals surface area contributed by atoms with Gasteiger partial charge in [0.05, 0.1) is 54.3 Å². The normalized spacial score (nSPS) is 11.8. The molecular formula is C22H26N4O4. The van der Waals surface area contributed by atoms with Gasteiger partial charge in [-0.25, -0.2) is 4.79 Å². The number of pyridine rings is 1. The molecule has 0 aliphatic heterocycles. The fourth-order valence-corrected chi connectivity index (χ4v) is 4.08. The number of rotatable bonds is 6. The molecule has 3 heterocycles. The van der Waals surface area contributed by atoms with Crippen LogP contribution in [0.2, 0.25) is 0 Å². The third kappa shape index (κ3) is 2.99. The van der Waals surface area contributed by atoms with Crippen LogP contribution in [0.15, 0.2) is 27.6 Å². The van der Waals surface area contributed by atoms with E-state index in [2.05, 4.69) is 10.1 Å². The lowest BCUT2D eigenvalue weighted by atomic mass is 10.0. The van der Waals surface area contributed by atoms with Crippen LogP contribution in [-0.2, 0) is 11.3 Å². The summed E-state index contributed by atoms with van der Waals surface area (Å²) >= 11 is 0. The predicted molar refractivity (Wildman–Crippen MR) is 115 cm³/mol. The van der Waals surface area contributed by atoms with Gasteiger partial charge in [0, 0.05) is 24.1 Å². The van der Waals surface area contributed by atoms with Gasteiger partial charge in [-0.3, -0.25) is 14.1 Å². The van der Waals surface area contributed by atoms with Gasteiger partial charge >= 0.3 is 5.69 Å². The van der Waals surface area contributed by atoms with Gasteiger partial charge in [0.1, 0.15) is 11.5 Å². The molecule has 0 bridgehead atoms. The zero-order chi connectivity index (χ0) is 21.6. The van der Waals surface area contributed by atoms with Crippen molar-refractivity contribution in [2.45, 2.75) is 40.3 Å². The summed E-state index contributed by atoms with van der Waals surface area (Å²) in [5, 5.41) is 4.93. The third-order valence-corrected chi connectivity index (χ3v) is 5.45. The van der Waals surface area contributed by atoms with Gasteiger partial charge in [-0.1, -0.05) is 5.16 Å². The number of fused-ring (bicyclic) bond motifs is 3. The van der Waals surface area contributed by atoms with Crippen molar-refractivity contribution in [1.29, 1.82) is 0 Å². The molecule has 30 heavy (non-hydrogen) atoms. The number of benzene rings is 1. The van der Waals surface area contributed by atoms with Crippen molar-refractivity contribution in [3.8, 4) is 16.9 Å². The highest BCUT2D eigenvalue weighted by Gasteiger charge is 2.22. The van der Waals surface area contributed by atoms with Crippen molar-refractivity contribution in [3.05, 3.63) is 40.3 Å². The Bertz CT molecular complexity index is 1280. The molecule has 0 N–H and O–H groups in total. The maximum absolute atomic E-state index is 13.2. The summed E-state index contributed by atoms with van der Waals surface area (Å²) in [5.74, 6) is 1.40. The van der Waals surface area contributed by atoms with Crippen LogP contribution in [0.5, 0.6) is 5.75 Å². The Morgan fingerprint density at radius 1 is 1.20 bits per heavy atom. The van der Waals surface area contributed by atoms with Crippen LogP contribution in [0.1, 0.15) is 31.3 Å². The van der Waals surface area contributed by atoms with Crippen molar-refractivity contribution in [2.75, 3.05) is 20.8 Å². The number of imidazole rings is 1. The highest BCUT2D eigenvalue weighted by Crippen LogP contribution is 2.39. The minimum atomic E-state index is -0.0693. The fraction of sp³-hybridized carbons (Fsp3) is 0.409. The molecule has 0 aliphatic rings. The molecule has 8 nitrogen and oxygen atoms in total. The topological polar surface area (TPSA) is 84.3 Å². The highest BCUT2D eigenvalue weighted by atomic mass is 16.5. The summed E-state index contributed by atoms with van der Waals surface area (Å²) in [4.78, 5) is 17.8. The zero-order valence-electron chi connectivity index (χ0n) is 18.1. The monoisotopic (exact) mass is 410 g/mol. The van der Waals surface area contributed by atoms with E-state index in [0.717, 1.165) is 44.5 Å². The standard InChI is InChI=1S/C22H26N4O4/c1-12(2)26-21-15-10-19(29-6)16(20-13(3)24-30-14(20)4)9-17(15)23-11-18(21)25(22(26)27)7-8-28-5/h9-12H,7-8H2,1-6H3. The summed E-state index contributed by atoms with van der Waals surface area (Å²) in [6.07, 6.45) is 1.76. The van der Waals surface area contributed by atoms with Crippen molar-refractivity contribution < 1.29 is 14.0 Å². The van der Waals surface area contributed by atoms with Crippen LogP contribution >= 0.6 is 0 Å². The average molecular weight is 410 g/mol. The Balaban J connectivity index is 2.09. The zero-order valence-corrected chi connectivity index (χ0v) is 18.1. The molecule has 0 atom stereocenters. The molecule has 158 valence electrons. The lowest BCUT2D eigenvalue weighted by Crippen LogP contribution is -2.26. The number of nitrogens with zero attached hydrogens (tertiary/aromatic N) is 4. The first kappa shape index (κ1) is 20.2. The molecule has 3 aromatic heterocycles. The van der Waals surface area contributed by atoms with Crippen LogP contribution in [0.25, 0.3) is 33.1 Å². The van der Waals surface area contributed by atoms with Gasteiger partial charge in [-0.15, -0.1) is 0 Å². The van der Waals surface area contributed by atoms with E-state index >= 15 is 0 Å². The fourth-order valence-electron chi connectivity index (χ4n) is 4.08. The number of hydrogen-bond donors (Lipinski definition) is 0. The Hall–Kier alpha value is -3.13. The van der Waals surface area contributed by atoms with E-state index in [1.807, 2.05) is 44.4 Å². The molecule has 0 unspecified atom stereocenters. The molecule has 0 aliphatic carbocycles. The van der Waals surface area contributed by atoms with Crippen molar-refractivity contribution in [1.82, 2.24) is 19.3 Å². The van der Waals surface area contributed by atoms with Crippen LogP contribution in [0.3, 0.4) is 0 Å². The second-order valence-electron chi connectivity index (χ2n) is 7.65. The number of methoxy groups -OCH3 is 2. The molecule has 0 saturated heterocycles. The number of hydrogen-bond acceptors (Lipinski definition) is 6. The molecule has 0 radical (unpaired) electrons. The van der Waals surface area contributed by atoms with Crippen LogP contribution in [-0.4, -0.2) is 40.1 Å². The second-order valence-corrected chi connectivity index (χ2v) is 7.65. The van der Waals surface area contributed by atoms with Gasteiger partial charge < -0.3 is 14.0 Å². The Morgan fingerprint density at radius 3 is 2.57 bits per heavy atom. The summed E-state index contributed by atoms with van der Waals surface area (Å²) < 4.78 is 19.8.